The van der Waals surface area contributed by atoms with E-state index in [0.29, 0.717) is 19.0 Å². The fourth-order valence-corrected chi connectivity index (χ4v) is 5.26. The van der Waals surface area contributed by atoms with Gasteiger partial charge in [-0.1, -0.05) is 45.7 Å². The zero-order chi connectivity index (χ0) is 21.3. The highest BCUT2D eigenvalue weighted by Crippen LogP contribution is 2.35. The Morgan fingerprint density at radius 3 is 2.67 bits per heavy atom. The number of nitro benzene ring substituents is 1. The van der Waals surface area contributed by atoms with Crippen molar-refractivity contribution in [1.29, 1.82) is 0 Å². The lowest BCUT2D eigenvalue weighted by Gasteiger charge is -2.31. The van der Waals surface area contributed by atoms with E-state index in [0.717, 1.165) is 33.6 Å². The molecule has 154 valence electrons. The summed E-state index contributed by atoms with van der Waals surface area (Å²) in [5, 5.41) is 14.1. The van der Waals surface area contributed by atoms with Gasteiger partial charge < -0.3 is 4.90 Å². The van der Waals surface area contributed by atoms with Crippen molar-refractivity contribution in [3.05, 3.63) is 78.0 Å². The highest BCUT2D eigenvalue weighted by molar-refractivity contribution is 9.10. The molecule has 1 saturated heterocycles. The second-order valence-electron chi connectivity index (χ2n) is 7.04. The molecule has 9 heteroatoms. The van der Waals surface area contributed by atoms with Gasteiger partial charge in [0.15, 0.2) is 0 Å². The number of carbonyl (C=O) groups excluding carboxylic acids is 1. The molecular weight excluding hydrogens is 490 g/mol. The Morgan fingerprint density at radius 1 is 1.23 bits per heavy atom. The van der Waals surface area contributed by atoms with E-state index in [1.54, 1.807) is 16.2 Å². The van der Waals surface area contributed by atoms with Gasteiger partial charge in [0.1, 0.15) is 5.02 Å². The number of hydrogen-bond acceptors (Lipinski definition) is 5. The molecular formula is C21H17BrClN3O3S. The lowest BCUT2D eigenvalue weighted by molar-refractivity contribution is -0.384. The summed E-state index contributed by atoms with van der Waals surface area (Å²) in [6.07, 6.45) is 1.59. The molecule has 6 nitrogen and oxygen atoms in total. The van der Waals surface area contributed by atoms with Gasteiger partial charge in [-0.25, -0.2) is 4.98 Å². The second kappa shape index (κ2) is 8.83. The molecule has 0 spiro atoms. The number of halogens is 2. The number of rotatable bonds is 4. The summed E-state index contributed by atoms with van der Waals surface area (Å²) in [6.45, 7) is 1.13. The topological polar surface area (TPSA) is 76.3 Å². The third-order valence-electron chi connectivity index (χ3n) is 5.18. The van der Waals surface area contributed by atoms with Gasteiger partial charge in [-0.3, -0.25) is 14.9 Å². The van der Waals surface area contributed by atoms with Crippen LogP contribution in [0, 0.1) is 10.1 Å². The van der Waals surface area contributed by atoms with Crippen molar-refractivity contribution in [2.45, 2.75) is 18.8 Å². The SMILES string of the molecule is O=C(c1cccc([N+](=O)[O-])c1Cl)N1CCC(c2nc(-c3cccc(Br)c3)cs2)CC1. The van der Waals surface area contributed by atoms with E-state index in [9.17, 15) is 14.9 Å². The Balaban J connectivity index is 1.44. The number of piperidine rings is 1. The second-order valence-corrected chi connectivity index (χ2v) is 9.23. The molecule has 3 aromatic rings. The Hall–Kier alpha value is -2.29. The van der Waals surface area contributed by atoms with E-state index in [1.165, 1.54) is 18.2 Å². The van der Waals surface area contributed by atoms with Gasteiger partial charge in [-0.05, 0) is 31.0 Å². The molecule has 4 rings (SSSR count). The third-order valence-corrected chi connectivity index (χ3v) is 7.08. The number of thiazole rings is 1. The number of carbonyl (C=O) groups is 1. The Kier molecular flexibility index (Phi) is 6.17. The van der Waals surface area contributed by atoms with Gasteiger partial charge in [0.05, 0.1) is 21.2 Å². The predicted molar refractivity (Wildman–Crippen MR) is 121 cm³/mol. The molecule has 1 aliphatic rings. The number of likely N-dealkylation sites (tertiary alicyclic amines) is 1. The van der Waals surface area contributed by atoms with Crippen LogP contribution in [0.5, 0.6) is 0 Å². The maximum atomic E-state index is 12.9. The largest absolute Gasteiger partial charge is 0.339 e. The van der Waals surface area contributed by atoms with E-state index in [2.05, 4.69) is 21.3 Å². The first kappa shape index (κ1) is 21.0. The van der Waals surface area contributed by atoms with Crippen LogP contribution in [-0.4, -0.2) is 33.8 Å². The number of nitro groups is 1. The van der Waals surface area contributed by atoms with Crippen LogP contribution in [0.3, 0.4) is 0 Å². The minimum Gasteiger partial charge on any atom is -0.339 e. The van der Waals surface area contributed by atoms with Gasteiger partial charge >= 0.3 is 0 Å². The molecule has 1 aliphatic heterocycles. The van der Waals surface area contributed by atoms with E-state index >= 15 is 0 Å². The molecule has 0 N–H and O–H groups in total. The molecule has 2 heterocycles. The van der Waals surface area contributed by atoms with Crippen molar-refractivity contribution in [3.8, 4) is 11.3 Å². The first-order valence-electron chi connectivity index (χ1n) is 9.37. The normalized spacial score (nSPS) is 14.7. The fraction of sp³-hybridized carbons (Fsp3) is 0.238. The van der Waals surface area contributed by atoms with Crippen LogP contribution in [-0.2, 0) is 0 Å². The highest BCUT2D eigenvalue weighted by atomic mass is 79.9. The van der Waals surface area contributed by atoms with Crippen LogP contribution >= 0.6 is 38.9 Å². The van der Waals surface area contributed by atoms with Crippen molar-refractivity contribution in [3.63, 3.8) is 0 Å². The summed E-state index contributed by atoms with van der Waals surface area (Å²) in [6, 6.07) is 12.4. The van der Waals surface area contributed by atoms with Crippen molar-refractivity contribution in [2.75, 3.05) is 13.1 Å². The molecule has 0 radical (unpaired) electrons. The molecule has 2 aromatic carbocycles. The fourth-order valence-electron chi connectivity index (χ4n) is 3.58. The van der Waals surface area contributed by atoms with Crippen LogP contribution in [0.25, 0.3) is 11.3 Å². The van der Waals surface area contributed by atoms with Crippen LogP contribution in [0.15, 0.2) is 52.3 Å². The van der Waals surface area contributed by atoms with Crippen molar-refractivity contribution in [1.82, 2.24) is 9.88 Å². The van der Waals surface area contributed by atoms with Crippen molar-refractivity contribution < 1.29 is 9.72 Å². The summed E-state index contributed by atoms with van der Waals surface area (Å²) in [5.74, 6) is 0.0247. The van der Waals surface area contributed by atoms with Gasteiger partial charge in [0.2, 0.25) is 0 Å². The first-order chi connectivity index (χ1) is 14.4. The molecule has 0 bridgehead atoms. The maximum Gasteiger partial charge on any atom is 0.288 e. The molecule has 0 aliphatic carbocycles. The van der Waals surface area contributed by atoms with Gasteiger partial charge in [0.25, 0.3) is 11.6 Å². The standard InChI is InChI=1S/C21H17BrClN3O3S/c22-15-4-1-3-14(11-15)17-12-30-20(24-17)13-7-9-25(10-8-13)21(27)16-5-2-6-18(19(16)23)26(28)29/h1-6,11-13H,7-10H2. The average Bonchev–Trinajstić information content (AvgIpc) is 3.24. The number of benzene rings is 2. The lowest BCUT2D eigenvalue weighted by Crippen LogP contribution is -2.38. The minimum atomic E-state index is -0.573. The third kappa shape index (κ3) is 4.26. The summed E-state index contributed by atoms with van der Waals surface area (Å²) >= 11 is 11.2. The van der Waals surface area contributed by atoms with Gasteiger partial charge in [-0.15, -0.1) is 11.3 Å². The lowest BCUT2D eigenvalue weighted by atomic mass is 9.97. The van der Waals surface area contributed by atoms with Crippen molar-refractivity contribution in [2.24, 2.45) is 0 Å². The Bertz CT molecular complexity index is 1110. The summed E-state index contributed by atoms with van der Waals surface area (Å²) < 4.78 is 1.01. The number of amides is 1. The molecule has 0 saturated carbocycles. The van der Waals surface area contributed by atoms with E-state index < -0.39 is 4.92 Å². The molecule has 0 unspecified atom stereocenters. The van der Waals surface area contributed by atoms with E-state index in [-0.39, 0.29) is 22.2 Å². The Labute approximate surface area is 190 Å². The maximum absolute atomic E-state index is 12.9. The molecule has 0 atom stereocenters. The average molecular weight is 507 g/mol. The highest BCUT2D eigenvalue weighted by Gasteiger charge is 2.29. The summed E-state index contributed by atoms with van der Waals surface area (Å²) in [5.41, 5.74) is 1.95. The zero-order valence-corrected chi connectivity index (χ0v) is 18.9. The van der Waals surface area contributed by atoms with Gasteiger partial charge in [-0.2, -0.15) is 0 Å². The number of aromatic nitrogens is 1. The van der Waals surface area contributed by atoms with Crippen molar-refractivity contribution >= 4 is 50.5 Å². The van der Waals surface area contributed by atoms with Crippen LogP contribution in [0.1, 0.15) is 34.1 Å². The smallest absolute Gasteiger partial charge is 0.288 e. The predicted octanol–water partition coefficient (Wildman–Crippen LogP) is 6.15. The monoisotopic (exact) mass is 505 g/mol. The first-order valence-corrected chi connectivity index (χ1v) is 11.4. The molecule has 1 fully saturated rings. The van der Waals surface area contributed by atoms with Gasteiger partial charge in [0, 0.05) is 40.5 Å². The zero-order valence-electron chi connectivity index (χ0n) is 15.8. The molecule has 30 heavy (non-hydrogen) atoms. The molecule has 1 aromatic heterocycles. The quantitative estimate of drug-likeness (QED) is 0.314. The summed E-state index contributed by atoms with van der Waals surface area (Å²) in [4.78, 5) is 29.9. The number of nitrogens with zero attached hydrogens (tertiary/aromatic N) is 3. The number of hydrogen-bond donors (Lipinski definition) is 0. The van der Waals surface area contributed by atoms with Crippen LogP contribution in [0.2, 0.25) is 5.02 Å². The van der Waals surface area contributed by atoms with E-state index in [4.69, 9.17) is 16.6 Å². The minimum absolute atomic E-state index is 0.104. The molecule has 1 amide bonds. The summed E-state index contributed by atoms with van der Waals surface area (Å²) in [7, 11) is 0. The Morgan fingerprint density at radius 2 is 1.97 bits per heavy atom. The van der Waals surface area contributed by atoms with E-state index in [1.807, 2.05) is 24.3 Å². The van der Waals surface area contributed by atoms with Crippen LogP contribution < -0.4 is 0 Å². The van der Waals surface area contributed by atoms with Crippen LogP contribution in [0.4, 0.5) is 5.69 Å².